The second-order valence-electron chi connectivity index (χ2n) is 5.28. The third kappa shape index (κ3) is 4.81. The van der Waals surface area contributed by atoms with Gasteiger partial charge in [-0.2, -0.15) is 11.8 Å². The summed E-state index contributed by atoms with van der Waals surface area (Å²) in [5, 5.41) is 7.35. The van der Waals surface area contributed by atoms with Crippen LogP contribution in [0.2, 0.25) is 0 Å². The number of hydrogen-bond acceptors (Lipinski definition) is 3. The predicted octanol–water partition coefficient (Wildman–Crippen LogP) is 2.55. The molecule has 0 aromatic carbocycles. The van der Waals surface area contributed by atoms with E-state index in [1.807, 2.05) is 18.7 Å². The predicted molar refractivity (Wildman–Crippen MR) is 80.1 cm³/mol. The van der Waals surface area contributed by atoms with Crippen molar-refractivity contribution in [2.24, 2.45) is 0 Å². The highest BCUT2D eigenvalue weighted by Crippen LogP contribution is 2.28. The Hall–Kier alpha value is -0.220. The molecule has 1 rings (SSSR count). The van der Waals surface area contributed by atoms with Crippen LogP contribution < -0.4 is 10.6 Å². The third-order valence-electron chi connectivity index (χ3n) is 3.93. The summed E-state index contributed by atoms with van der Waals surface area (Å²) in [4.78, 5) is 12.0. The Morgan fingerprint density at radius 2 is 2.00 bits per heavy atom. The van der Waals surface area contributed by atoms with E-state index in [9.17, 15) is 4.79 Å². The molecule has 0 heterocycles. The van der Waals surface area contributed by atoms with Crippen molar-refractivity contribution in [1.29, 1.82) is 0 Å². The highest BCUT2D eigenvalue weighted by Gasteiger charge is 2.26. The minimum Gasteiger partial charge on any atom is -0.352 e. The molecule has 4 heteroatoms. The molecule has 3 unspecified atom stereocenters. The van der Waals surface area contributed by atoms with Gasteiger partial charge in [0, 0.05) is 17.3 Å². The summed E-state index contributed by atoms with van der Waals surface area (Å²) in [5.41, 5.74) is 0. The van der Waals surface area contributed by atoms with E-state index in [1.54, 1.807) is 0 Å². The summed E-state index contributed by atoms with van der Waals surface area (Å²) in [5.74, 6) is 0.149. The zero-order valence-corrected chi connectivity index (χ0v) is 13.0. The molecule has 0 aromatic heterocycles. The number of hydrogen-bond donors (Lipinski definition) is 2. The maximum absolute atomic E-state index is 12.0. The molecule has 0 spiro atoms. The van der Waals surface area contributed by atoms with E-state index in [-0.39, 0.29) is 11.9 Å². The van der Waals surface area contributed by atoms with Crippen LogP contribution in [0.3, 0.4) is 0 Å². The number of carbonyl (C=O) groups is 1. The Balaban J connectivity index is 2.31. The number of nitrogens with one attached hydrogen (secondary N) is 2. The van der Waals surface area contributed by atoms with Crippen molar-refractivity contribution < 1.29 is 4.79 Å². The van der Waals surface area contributed by atoms with Crippen molar-refractivity contribution in [3.8, 4) is 0 Å². The van der Waals surface area contributed by atoms with Crippen LogP contribution >= 0.6 is 11.8 Å². The van der Waals surface area contributed by atoms with Gasteiger partial charge in [0.15, 0.2) is 0 Å². The topological polar surface area (TPSA) is 41.1 Å². The molecule has 1 saturated carbocycles. The first kappa shape index (κ1) is 15.8. The standard InChI is InChI=1S/C14H28N2OS/c1-5-11(6-2)16-14(17)10(3)15-12-7-8-13(9-12)18-4/h10-13,15H,5-9H2,1-4H3,(H,16,17). The fourth-order valence-corrected chi connectivity index (χ4v) is 3.35. The summed E-state index contributed by atoms with van der Waals surface area (Å²) >= 11 is 1.95. The van der Waals surface area contributed by atoms with Crippen molar-refractivity contribution in [3.05, 3.63) is 0 Å². The van der Waals surface area contributed by atoms with Crippen LogP contribution in [0.15, 0.2) is 0 Å². The second-order valence-corrected chi connectivity index (χ2v) is 6.42. The van der Waals surface area contributed by atoms with E-state index in [1.165, 1.54) is 19.3 Å². The normalized spacial score (nSPS) is 25.4. The van der Waals surface area contributed by atoms with Crippen LogP contribution in [-0.2, 0) is 4.79 Å². The minimum absolute atomic E-state index is 0.0730. The van der Waals surface area contributed by atoms with Gasteiger partial charge in [0.05, 0.1) is 6.04 Å². The smallest absolute Gasteiger partial charge is 0.237 e. The van der Waals surface area contributed by atoms with Crippen molar-refractivity contribution >= 4 is 17.7 Å². The third-order valence-corrected chi connectivity index (χ3v) is 5.02. The van der Waals surface area contributed by atoms with Crippen LogP contribution in [0.4, 0.5) is 0 Å². The molecule has 0 saturated heterocycles. The fourth-order valence-electron chi connectivity index (χ4n) is 2.55. The van der Waals surface area contributed by atoms with Gasteiger partial charge in [0.2, 0.25) is 5.91 Å². The number of thioether (sulfide) groups is 1. The Morgan fingerprint density at radius 1 is 1.33 bits per heavy atom. The summed E-state index contributed by atoms with van der Waals surface area (Å²) in [6, 6.07) is 0.769. The molecule has 0 aliphatic heterocycles. The number of carbonyl (C=O) groups excluding carboxylic acids is 1. The molecule has 3 atom stereocenters. The van der Waals surface area contributed by atoms with Gasteiger partial charge < -0.3 is 10.6 Å². The van der Waals surface area contributed by atoms with Crippen LogP contribution in [0.1, 0.15) is 52.9 Å². The summed E-state index contributed by atoms with van der Waals surface area (Å²) in [7, 11) is 0. The van der Waals surface area contributed by atoms with Crippen LogP contribution in [0.5, 0.6) is 0 Å². The van der Waals surface area contributed by atoms with Gasteiger partial charge in [-0.15, -0.1) is 0 Å². The van der Waals surface area contributed by atoms with E-state index in [2.05, 4.69) is 30.7 Å². The van der Waals surface area contributed by atoms with Crippen molar-refractivity contribution in [2.45, 2.75) is 76.3 Å². The molecule has 1 aliphatic carbocycles. The molecule has 0 bridgehead atoms. The Morgan fingerprint density at radius 3 is 2.50 bits per heavy atom. The molecule has 106 valence electrons. The first-order valence-electron chi connectivity index (χ1n) is 7.19. The largest absolute Gasteiger partial charge is 0.352 e. The van der Waals surface area contributed by atoms with Gasteiger partial charge in [-0.1, -0.05) is 13.8 Å². The molecular formula is C14H28N2OS. The van der Waals surface area contributed by atoms with Crippen LogP contribution in [0, 0.1) is 0 Å². The molecule has 1 aliphatic rings. The Labute approximate surface area is 116 Å². The van der Waals surface area contributed by atoms with Crippen LogP contribution in [0.25, 0.3) is 0 Å². The molecule has 3 nitrogen and oxygen atoms in total. The van der Waals surface area contributed by atoms with Gasteiger partial charge in [-0.3, -0.25) is 4.79 Å². The number of amides is 1. The first-order chi connectivity index (χ1) is 8.60. The Kier molecular flexibility index (Phi) is 7.08. The highest BCUT2D eigenvalue weighted by molar-refractivity contribution is 7.99. The summed E-state index contributed by atoms with van der Waals surface area (Å²) < 4.78 is 0. The zero-order valence-electron chi connectivity index (χ0n) is 12.2. The van der Waals surface area contributed by atoms with E-state index in [4.69, 9.17) is 0 Å². The SMILES string of the molecule is CCC(CC)NC(=O)C(C)NC1CCC(SC)C1. The van der Waals surface area contributed by atoms with Gasteiger partial charge in [-0.25, -0.2) is 0 Å². The Bertz CT molecular complexity index is 256. The molecule has 18 heavy (non-hydrogen) atoms. The fraction of sp³-hybridized carbons (Fsp3) is 0.929. The molecule has 2 N–H and O–H groups in total. The molecule has 0 aromatic rings. The van der Waals surface area contributed by atoms with Crippen molar-refractivity contribution in [1.82, 2.24) is 10.6 Å². The lowest BCUT2D eigenvalue weighted by Crippen LogP contribution is -2.48. The second kappa shape index (κ2) is 8.05. The molecule has 0 radical (unpaired) electrons. The first-order valence-corrected chi connectivity index (χ1v) is 8.48. The summed E-state index contributed by atoms with van der Waals surface area (Å²) in [6.45, 7) is 6.21. The van der Waals surface area contributed by atoms with E-state index >= 15 is 0 Å². The van der Waals surface area contributed by atoms with Gasteiger partial charge in [0.1, 0.15) is 0 Å². The molecular weight excluding hydrogens is 244 g/mol. The highest BCUT2D eigenvalue weighted by atomic mass is 32.2. The minimum atomic E-state index is -0.0730. The molecule has 1 fully saturated rings. The monoisotopic (exact) mass is 272 g/mol. The summed E-state index contributed by atoms with van der Waals surface area (Å²) in [6.07, 6.45) is 7.87. The lowest BCUT2D eigenvalue weighted by Gasteiger charge is -2.22. The van der Waals surface area contributed by atoms with Gasteiger partial charge in [-0.05, 0) is 45.3 Å². The van der Waals surface area contributed by atoms with E-state index in [0.29, 0.717) is 12.1 Å². The number of rotatable bonds is 7. The van der Waals surface area contributed by atoms with Crippen molar-refractivity contribution in [3.63, 3.8) is 0 Å². The van der Waals surface area contributed by atoms with E-state index < -0.39 is 0 Å². The lowest BCUT2D eigenvalue weighted by molar-refractivity contribution is -0.123. The zero-order chi connectivity index (χ0) is 13.5. The van der Waals surface area contributed by atoms with Gasteiger partial charge >= 0.3 is 0 Å². The lowest BCUT2D eigenvalue weighted by atomic mass is 10.1. The maximum atomic E-state index is 12.0. The molecule has 1 amide bonds. The van der Waals surface area contributed by atoms with Crippen molar-refractivity contribution in [2.75, 3.05) is 6.26 Å². The van der Waals surface area contributed by atoms with Crippen LogP contribution in [-0.4, -0.2) is 35.5 Å². The van der Waals surface area contributed by atoms with E-state index in [0.717, 1.165) is 18.1 Å². The quantitative estimate of drug-likeness (QED) is 0.748. The average molecular weight is 272 g/mol. The van der Waals surface area contributed by atoms with Gasteiger partial charge in [0.25, 0.3) is 0 Å². The maximum Gasteiger partial charge on any atom is 0.237 e. The average Bonchev–Trinajstić information content (AvgIpc) is 2.83.